The van der Waals surface area contributed by atoms with Crippen molar-refractivity contribution >= 4 is 17.6 Å². The fraction of sp³-hybridized carbons (Fsp3) is 0.458. The zero-order chi connectivity index (χ0) is 24.2. The summed E-state index contributed by atoms with van der Waals surface area (Å²) in [5.74, 6) is 0.561. The number of aromatic nitrogens is 3. The molecule has 180 valence electrons. The van der Waals surface area contributed by atoms with E-state index >= 15 is 4.39 Å². The molecule has 1 amide bonds. The highest BCUT2D eigenvalue weighted by atomic mass is 19.1. The third kappa shape index (κ3) is 3.71. The van der Waals surface area contributed by atoms with Gasteiger partial charge in [-0.05, 0) is 45.4 Å². The molecule has 4 heterocycles. The average Bonchev–Trinajstić information content (AvgIpc) is 3.42. The Bertz CT molecular complexity index is 1270. The fourth-order valence-electron chi connectivity index (χ4n) is 4.46. The van der Waals surface area contributed by atoms with Crippen molar-refractivity contribution < 1.29 is 28.5 Å². The molecular weight excluding hydrogens is 443 g/mol. The molecule has 0 fully saturated rings. The summed E-state index contributed by atoms with van der Waals surface area (Å²) in [7, 11) is 0. The van der Waals surface area contributed by atoms with Gasteiger partial charge in [0.05, 0.1) is 31.8 Å². The molecule has 0 aliphatic carbocycles. The maximum Gasteiger partial charge on any atom is 0.416 e. The Balaban J connectivity index is 1.75. The second-order valence-electron chi connectivity index (χ2n) is 9.56. The molecule has 1 N–H and O–H groups in total. The van der Waals surface area contributed by atoms with Crippen molar-refractivity contribution in [2.45, 2.75) is 58.3 Å². The third-order valence-corrected chi connectivity index (χ3v) is 6.02. The number of halogens is 1. The minimum absolute atomic E-state index is 0.108. The average molecular weight is 471 g/mol. The van der Waals surface area contributed by atoms with Crippen molar-refractivity contribution in [3.05, 3.63) is 47.0 Å². The molecule has 0 saturated heterocycles. The van der Waals surface area contributed by atoms with E-state index < -0.39 is 23.6 Å². The molecule has 9 nitrogen and oxygen atoms in total. The molecule has 5 rings (SSSR count). The van der Waals surface area contributed by atoms with Crippen LogP contribution < -0.4 is 14.4 Å². The van der Waals surface area contributed by atoms with Crippen molar-refractivity contribution in [2.75, 3.05) is 18.1 Å². The van der Waals surface area contributed by atoms with Gasteiger partial charge in [0.1, 0.15) is 23.5 Å². The molecule has 3 aromatic rings. The quantitative estimate of drug-likeness (QED) is 0.602. The first-order valence-corrected chi connectivity index (χ1v) is 11.3. The normalized spacial score (nSPS) is 18.2. The lowest BCUT2D eigenvalue weighted by Crippen LogP contribution is -2.38. The first kappa shape index (κ1) is 22.4. The van der Waals surface area contributed by atoms with Crippen LogP contribution in [0.25, 0.3) is 5.65 Å². The molecule has 2 atom stereocenters. The van der Waals surface area contributed by atoms with E-state index in [0.717, 1.165) is 0 Å². The molecule has 1 aromatic carbocycles. The number of aliphatic hydroxyl groups is 1. The molecule has 2 aromatic heterocycles. The van der Waals surface area contributed by atoms with Gasteiger partial charge in [0, 0.05) is 16.7 Å². The fourth-order valence-corrected chi connectivity index (χ4v) is 4.46. The monoisotopic (exact) mass is 470 g/mol. The first-order valence-electron chi connectivity index (χ1n) is 11.3. The van der Waals surface area contributed by atoms with E-state index in [1.165, 1.54) is 17.3 Å². The van der Waals surface area contributed by atoms with E-state index in [0.29, 0.717) is 52.7 Å². The predicted molar refractivity (Wildman–Crippen MR) is 121 cm³/mol. The van der Waals surface area contributed by atoms with Gasteiger partial charge in [0.2, 0.25) is 0 Å². The zero-order valence-electron chi connectivity index (χ0n) is 19.5. The van der Waals surface area contributed by atoms with Crippen LogP contribution >= 0.6 is 0 Å². The van der Waals surface area contributed by atoms with Gasteiger partial charge in [0.25, 0.3) is 0 Å². The summed E-state index contributed by atoms with van der Waals surface area (Å²) in [5.41, 5.74) is 1.15. The number of hydrogen-bond donors (Lipinski definition) is 1. The summed E-state index contributed by atoms with van der Waals surface area (Å²) in [6.07, 6.45) is 0.414. The van der Waals surface area contributed by atoms with Gasteiger partial charge < -0.3 is 19.3 Å². The van der Waals surface area contributed by atoms with Crippen LogP contribution in [-0.2, 0) is 11.3 Å². The largest absolute Gasteiger partial charge is 0.493 e. The van der Waals surface area contributed by atoms with E-state index in [1.807, 2.05) is 6.92 Å². The number of hydrogen-bond acceptors (Lipinski definition) is 7. The Morgan fingerprint density at radius 3 is 2.74 bits per heavy atom. The van der Waals surface area contributed by atoms with Crippen LogP contribution in [-0.4, -0.2) is 44.6 Å². The van der Waals surface area contributed by atoms with Gasteiger partial charge in [0.15, 0.2) is 17.2 Å². The van der Waals surface area contributed by atoms with Crippen LogP contribution in [0.5, 0.6) is 11.5 Å². The maximum atomic E-state index is 15.2. The van der Waals surface area contributed by atoms with Crippen molar-refractivity contribution in [1.82, 2.24) is 14.6 Å². The molecule has 34 heavy (non-hydrogen) atoms. The van der Waals surface area contributed by atoms with E-state index in [2.05, 4.69) is 10.2 Å². The lowest BCUT2D eigenvalue weighted by Gasteiger charge is -2.29. The Kier molecular flexibility index (Phi) is 5.35. The van der Waals surface area contributed by atoms with Crippen molar-refractivity contribution in [3.63, 3.8) is 0 Å². The van der Waals surface area contributed by atoms with Gasteiger partial charge >= 0.3 is 6.09 Å². The molecule has 10 heteroatoms. The summed E-state index contributed by atoms with van der Waals surface area (Å²) in [5, 5.41) is 18.8. The Labute approximate surface area is 196 Å². The number of ether oxygens (including phenoxy) is 3. The van der Waals surface area contributed by atoms with Gasteiger partial charge in [-0.3, -0.25) is 9.30 Å². The number of amides is 1. The van der Waals surface area contributed by atoms with Gasteiger partial charge in [-0.25, -0.2) is 9.18 Å². The van der Waals surface area contributed by atoms with Crippen LogP contribution in [0.1, 0.15) is 62.8 Å². The number of benzene rings is 1. The summed E-state index contributed by atoms with van der Waals surface area (Å²) in [6.45, 7) is 7.57. The van der Waals surface area contributed by atoms with E-state index in [4.69, 9.17) is 14.2 Å². The van der Waals surface area contributed by atoms with Gasteiger partial charge in [-0.15, -0.1) is 10.2 Å². The number of fused-ring (bicyclic) bond motifs is 3. The van der Waals surface area contributed by atoms with Crippen LogP contribution in [0.4, 0.5) is 15.0 Å². The number of pyridine rings is 1. The van der Waals surface area contributed by atoms with Gasteiger partial charge in [-0.2, -0.15) is 0 Å². The Morgan fingerprint density at radius 2 is 2.03 bits per heavy atom. The molecule has 0 spiro atoms. The molecular formula is C24H27FN4O5. The number of rotatable bonds is 2. The Hall–Kier alpha value is -3.40. The molecule has 0 bridgehead atoms. The van der Waals surface area contributed by atoms with Gasteiger partial charge in [-0.1, -0.05) is 6.92 Å². The highest BCUT2D eigenvalue weighted by Gasteiger charge is 2.37. The molecule has 2 aliphatic heterocycles. The minimum atomic E-state index is -0.806. The number of nitrogens with zero attached hydrogens (tertiary/aromatic N) is 4. The smallest absolute Gasteiger partial charge is 0.416 e. The summed E-state index contributed by atoms with van der Waals surface area (Å²) in [4.78, 5) is 14.8. The lowest BCUT2D eigenvalue weighted by molar-refractivity contribution is 0.0574. The van der Waals surface area contributed by atoms with Crippen molar-refractivity contribution in [2.24, 2.45) is 0 Å². The zero-order valence-corrected chi connectivity index (χ0v) is 19.5. The van der Waals surface area contributed by atoms with E-state index in [-0.39, 0.29) is 19.1 Å². The van der Waals surface area contributed by atoms with Crippen molar-refractivity contribution in [1.29, 1.82) is 0 Å². The number of carbonyl (C=O) groups excluding carboxylic acids is 1. The Morgan fingerprint density at radius 1 is 1.29 bits per heavy atom. The number of anilines is 1. The highest BCUT2D eigenvalue weighted by molar-refractivity contribution is 5.90. The van der Waals surface area contributed by atoms with Crippen LogP contribution in [0.15, 0.2) is 24.5 Å². The highest BCUT2D eigenvalue weighted by Crippen LogP contribution is 2.43. The first-order chi connectivity index (χ1) is 16.2. The van der Waals surface area contributed by atoms with Crippen molar-refractivity contribution in [3.8, 4) is 11.5 Å². The number of aliphatic hydroxyl groups excluding tert-OH is 1. The summed E-state index contributed by atoms with van der Waals surface area (Å²) in [6, 6.07) is 4.62. The molecule has 2 aliphatic rings. The lowest BCUT2D eigenvalue weighted by atomic mass is 9.95. The summed E-state index contributed by atoms with van der Waals surface area (Å²) < 4.78 is 34.5. The second-order valence-corrected chi connectivity index (χ2v) is 9.56. The predicted octanol–water partition coefficient (Wildman–Crippen LogP) is 4.12. The van der Waals surface area contributed by atoms with E-state index in [1.54, 1.807) is 37.3 Å². The summed E-state index contributed by atoms with van der Waals surface area (Å²) >= 11 is 0. The topological polar surface area (TPSA) is 98.4 Å². The maximum absolute atomic E-state index is 15.2. The molecule has 0 saturated carbocycles. The second kappa shape index (κ2) is 8.12. The van der Waals surface area contributed by atoms with Crippen LogP contribution in [0.2, 0.25) is 0 Å². The standard InChI is InChI=1S/C24H27FN4O5/c1-5-17(30)14-8-19-22(29-12-26-27-21(14)29)28(23(31)34-24(2,3)4)9-15-16(25)6-7-18-20(15)13(10-32-18)11-33-19/h6-8,12-13,17,30H,5,9-11H2,1-4H3/t13-,17?/m1/s1. The minimum Gasteiger partial charge on any atom is -0.493 e. The number of carbonyl (C=O) groups is 1. The SMILES string of the molecule is CCC(O)c1cc2c(n3cnnc13)N(C(=O)OC(C)(C)C)Cc1c(F)ccc3c1[C@H](CO3)CO2. The molecule has 0 radical (unpaired) electrons. The molecule has 1 unspecified atom stereocenters. The van der Waals surface area contributed by atoms with Crippen LogP contribution in [0.3, 0.4) is 0 Å². The van der Waals surface area contributed by atoms with E-state index in [9.17, 15) is 9.90 Å². The third-order valence-electron chi connectivity index (χ3n) is 6.02. The van der Waals surface area contributed by atoms with Crippen LogP contribution in [0, 0.1) is 5.82 Å².